The normalized spacial score (nSPS) is 23.1. The zero-order chi connectivity index (χ0) is 13.7. The molecule has 1 N–H and O–H groups in total. The van der Waals surface area contributed by atoms with Crippen LogP contribution in [0, 0.1) is 5.92 Å². The van der Waals surface area contributed by atoms with Crippen molar-refractivity contribution < 1.29 is 9.59 Å². The highest BCUT2D eigenvalue weighted by Crippen LogP contribution is 2.20. The van der Waals surface area contributed by atoms with Gasteiger partial charge in [-0.25, -0.2) is 0 Å². The molecule has 0 saturated carbocycles. The molecule has 0 bridgehead atoms. The molecule has 2 amide bonds. The quantitative estimate of drug-likeness (QED) is 0.842. The van der Waals surface area contributed by atoms with E-state index in [1.54, 1.807) is 0 Å². The summed E-state index contributed by atoms with van der Waals surface area (Å²) in [5, 5.41) is 3.26. The average molecular weight is 304 g/mol. The Balaban J connectivity index is 0.00000200. The summed E-state index contributed by atoms with van der Waals surface area (Å²) >= 11 is 0. The Kier molecular flexibility index (Phi) is 7.30. The van der Waals surface area contributed by atoms with Gasteiger partial charge in [-0.05, 0) is 19.3 Å². The van der Waals surface area contributed by atoms with Crippen molar-refractivity contribution in [2.45, 2.75) is 32.6 Å². The number of piperazine rings is 1. The van der Waals surface area contributed by atoms with E-state index < -0.39 is 0 Å². The minimum Gasteiger partial charge on any atom is -0.342 e. The number of piperidine rings is 1. The van der Waals surface area contributed by atoms with Gasteiger partial charge in [-0.15, -0.1) is 12.4 Å². The Morgan fingerprint density at radius 1 is 1.15 bits per heavy atom. The van der Waals surface area contributed by atoms with E-state index in [0.717, 1.165) is 52.0 Å². The molecule has 2 aliphatic heterocycles. The second-order valence-electron chi connectivity index (χ2n) is 5.50. The molecule has 1 unspecified atom stereocenters. The number of rotatable bonds is 3. The van der Waals surface area contributed by atoms with Gasteiger partial charge in [0, 0.05) is 45.7 Å². The molecule has 6 heteroatoms. The second-order valence-corrected chi connectivity index (χ2v) is 5.50. The van der Waals surface area contributed by atoms with Crippen LogP contribution in [-0.2, 0) is 9.59 Å². The average Bonchev–Trinajstić information content (AvgIpc) is 2.48. The van der Waals surface area contributed by atoms with Crippen molar-refractivity contribution in [3.8, 4) is 0 Å². The van der Waals surface area contributed by atoms with E-state index in [4.69, 9.17) is 0 Å². The molecule has 0 radical (unpaired) electrons. The molecule has 0 aromatic heterocycles. The van der Waals surface area contributed by atoms with Crippen LogP contribution in [0.4, 0.5) is 0 Å². The molecule has 0 aromatic rings. The SMILES string of the molecule is CCCC(=O)N1CCCC(C(=O)N2CCNCC2)C1.Cl. The molecule has 0 aliphatic carbocycles. The summed E-state index contributed by atoms with van der Waals surface area (Å²) in [6.45, 7) is 6.85. The Hall–Kier alpha value is -0.810. The third-order valence-corrected chi connectivity index (χ3v) is 4.02. The molecule has 2 heterocycles. The molecule has 116 valence electrons. The van der Waals surface area contributed by atoms with Crippen LogP contribution in [0.5, 0.6) is 0 Å². The number of halogens is 1. The maximum Gasteiger partial charge on any atom is 0.227 e. The number of nitrogens with one attached hydrogen (secondary N) is 1. The molecule has 5 nitrogen and oxygen atoms in total. The van der Waals surface area contributed by atoms with E-state index in [-0.39, 0.29) is 30.1 Å². The summed E-state index contributed by atoms with van der Waals surface area (Å²) in [7, 11) is 0. The Morgan fingerprint density at radius 3 is 2.50 bits per heavy atom. The monoisotopic (exact) mass is 303 g/mol. The Morgan fingerprint density at radius 2 is 1.85 bits per heavy atom. The highest BCUT2D eigenvalue weighted by molar-refractivity contribution is 5.85. The van der Waals surface area contributed by atoms with Crippen LogP contribution in [-0.4, -0.2) is 60.9 Å². The van der Waals surface area contributed by atoms with E-state index in [2.05, 4.69) is 5.32 Å². The first kappa shape index (κ1) is 17.2. The Labute approximate surface area is 127 Å². The summed E-state index contributed by atoms with van der Waals surface area (Å²) < 4.78 is 0. The number of carbonyl (C=O) groups excluding carboxylic acids is 2. The first-order valence-electron chi connectivity index (χ1n) is 7.49. The molecule has 1 atom stereocenters. The molecule has 20 heavy (non-hydrogen) atoms. The lowest BCUT2D eigenvalue weighted by Gasteiger charge is -2.36. The van der Waals surface area contributed by atoms with E-state index in [0.29, 0.717) is 13.0 Å². The smallest absolute Gasteiger partial charge is 0.227 e. The van der Waals surface area contributed by atoms with Gasteiger partial charge < -0.3 is 15.1 Å². The molecule has 2 fully saturated rings. The number of nitrogens with zero attached hydrogens (tertiary/aromatic N) is 2. The standard InChI is InChI=1S/C14H25N3O2.ClH/c1-2-4-13(18)17-8-3-5-12(11-17)14(19)16-9-6-15-7-10-16;/h12,15H,2-11H2,1H3;1H. The van der Waals surface area contributed by atoms with Crippen molar-refractivity contribution in [1.29, 1.82) is 0 Å². The van der Waals surface area contributed by atoms with Crippen LogP contribution < -0.4 is 5.32 Å². The predicted molar refractivity (Wildman–Crippen MR) is 80.9 cm³/mol. The zero-order valence-electron chi connectivity index (χ0n) is 12.3. The van der Waals surface area contributed by atoms with Gasteiger partial charge in [-0.3, -0.25) is 9.59 Å². The minimum atomic E-state index is 0. The van der Waals surface area contributed by atoms with Crippen LogP contribution in [0.2, 0.25) is 0 Å². The highest BCUT2D eigenvalue weighted by atomic mass is 35.5. The summed E-state index contributed by atoms with van der Waals surface area (Å²) in [5.74, 6) is 0.475. The summed E-state index contributed by atoms with van der Waals surface area (Å²) in [5.41, 5.74) is 0. The number of hydrogen-bond donors (Lipinski definition) is 1. The summed E-state index contributed by atoms with van der Waals surface area (Å²) in [6.07, 6.45) is 3.37. The third kappa shape index (κ3) is 4.35. The minimum absolute atomic E-state index is 0. The van der Waals surface area contributed by atoms with Crippen molar-refractivity contribution in [3.63, 3.8) is 0 Å². The topological polar surface area (TPSA) is 52.7 Å². The number of carbonyl (C=O) groups is 2. The Bertz CT molecular complexity index is 332. The first-order valence-corrected chi connectivity index (χ1v) is 7.49. The summed E-state index contributed by atoms with van der Waals surface area (Å²) in [4.78, 5) is 28.2. The molecule has 2 rings (SSSR count). The van der Waals surface area contributed by atoms with Crippen molar-refractivity contribution in [3.05, 3.63) is 0 Å². The van der Waals surface area contributed by atoms with Crippen LogP contribution in [0.3, 0.4) is 0 Å². The van der Waals surface area contributed by atoms with Crippen molar-refractivity contribution in [2.24, 2.45) is 5.92 Å². The van der Waals surface area contributed by atoms with Gasteiger partial charge in [-0.1, -0.05) is 6.92 Å². The molecule has 2 aliphatic rings. The van der Waals surface area contributed by atoms with Crippen LogP contribution >= 0.6 is 12.4 Å². The predicted octanol–water partition coefficient (Wildman–Crippen LogP) is 0.879. The lowest BCUT2D eigenvalue weighted by molar-refractivity contribution is -0.141. The number of likely N-dealkylation sites (tertiary alicyclic amines) is 1. The van der Waals surface area contributed by atoms with E-state index in [1.165, 1.54) is 0 Å². The van der Waals surface area contributed by atoms with Gasteiger partial charge >= 0.3 is 0 Å². The van der Waals surface area contributed by atoms with Crippen LogP contribution in [0.25, 0.3) is 0 Å². The van der Waals surface area contributed by atoms with E-state index in [9.17, 15) is 9.59 Å². The lowest BCUT2D eigenvalue weighted by atomic mass is 9.96. The van der Waals surface area contributed by atoms with Crippen molar-refractivity contribution >= 4 is 24.2 Å². The van der Waals surface area contributed by atoms with Crippen LogP contribution in [0.1, 0.15) is 32.6 Å². The van der Waals surface area contributed by atoms with Gasteiger partial charge in [-0.2, -0.15) is 0 Å². The van der Waals surface area contributed by atoms with E-state index in [1.807, 2.05) is 16.7 Å². The zero-order valence-corrected chi connectivity index (χ0v) is 13.1. The lowest BCUT2D eigenvalue weighted by Crippen LogP contribution is -2.51. The molecular weight excluding hydrogens is 278 g/mol. The van der Waals surface area contributed by atoms with Crippen molar-refractivity contribution in [1.82, 2.24) is 15.1 Å². The van der Waals surface area contributed by atoms with E-state index >= 15 is 0 Å². The first-order chi connectivity index (χ1) is 9.22. The van der Waals surface area contributed by atoms with Gasteiger partial charge in [0.15, 0.2) is 0 Å². The van der Waals surface area contributed by atoms with Gasteiger partial charge in [0.05, 0.1) is 5.92 Å². The van der Waals surface area contributed by atoms with Gasteiger partial charge in [0.1, 0.15) is 0 Å². The molecule has 2 saturated heterocycles. The molecular formula is C14H26ClN3O2. The van der Waals surface area contributed by atoms with Gasteiger partial charge in [0.2, 0.25) is 11.8 Å². The number of hydrogen-bond acceptors (Lipinski definition) is 3. The third-order valence-electron chi connectivity index (χ3n) is 4.02. The molecule has 0 spiro atoms. The fourth-order valence-corrected chi connectivity index (χ4v) is 2.92. The highest BCUT2D eigenvalue weighted by Gasteiger charge is 2.31. The maximum absolute atomic E-state index is 12.4. The molecule has 0 aromatic carbocycles. The largest absolute Gasteiger partial charge is 0.342 e. The van der Waals surface area contributed by atoms with Gasteiger partial charge in [0.25, 0.3) is 0 Å². The fourth-order valence-electron chi connectivity index (χ4n) is 2.92. The summed E-state index contributed by atoms with van der Waals surface area (Å²) in [6, 6.07) is 0. The second kappa shape index (κ2) is 8.47. The fraction of sp³-hybridized carbons (Fsp3) is 0.857. The number of amides is 2. The maximum atomic E-state index is 12.4. The van der Waals surface area contributed by atoms with Crippen LogP contribution in [0.15, 0.2) is 0 Å². The van der Waals surface area contributed by atoms with Crippen molar-refractivity contribution in [2.75, 3.05) is 39.3 Å².